The van der Waals surface area contributed by atoms with Crippen LogP contribution in [0, 0.1) is 0 Å². The zero-order valence-electron chi connectivity index (χ0n) is 9.30. The molecule has 8 heteroatoms. The molecular weight excluding hydrogens is 342 g/mol. The maximum atomic E-state index is 9.77. The van der Waals surface area contributed by atoms with Crippen molar-refractivity contribution >= 4 is 59.8 Å². The minimum atomic E-state index is -1.66. The second-order valence-electron chi connectivity index (χ2n) is 4.43. The fraction of sp³-hybridized carbons (Fsp3) is 0.400. The van der Waals surface area contributed by atoms with Crippen molar-refractivity contribution in [3.05, 3.63) is 24.3 Å². The Labute approximate surface area is 124 Å². The normalized spacial score (nSPS) is 42.9. The van der Waals surface area contributed by atoms with Gasteiger partial charge in [-0.1, -0.05) is 45.6 Å². The fourth-order valence-electron chi connectivity index (χ4n) is 1.99. The average molecular weight is 354 g/mol. The van der Waals surface area contributed by atoms with Crippen molar-refractivity contribution in [2.75, 3.05) is 0 Å². The first-order valence-electron chi connectivity index (χ1n) is 5.53. The number of phenolic OH excluding ortho intramolecular Hbond substituents is 1. The van der Waals surface area contributed by atoms with E-state index in [0.29, 0.717) is 5.66 Å². The molecule has 1 saturated heterocycles. The SMILES string of the molecule is Oc1ccc(P2(=S)SP(=S)([C@@H]3CCC3O)S2)cc1. The van der Waals surface area contributed by atoms with Gasteiger partial charge in [0.2, 0.25) is 0 Å². The summed E-state index contributed by atoms with van der Waals surface area (Å²) in [6, 6.07) is 7.19. The lowest BCUT2D eigenvalue weighted by atomic mass is 9.96. The van der Waals surface area contributed by atoms with Gasteiger partial charge in [0.25, 0.3) is 0 Å². The number of aromatic hydroxyl groups is 1. The Morgan fingerprint density at radius 2 is 1.72 bits per heavy atom. The summed E-state index contributed by atoms with van der Waals surface area (Å²) in [4.78, 5) is 0. The Morgan fingerprint density at radius 3 is 2.17 bits per heavy atom. The molecule has 2 atom stereocenters. The van der Waals surface area contributed by atoms with E-state index in [1.807, 2.05) is 12.1 Å². The lowest BCUT2D eigenvalue weighted by Gasteiger charge is -2.49. The molecule has 1 aromatic rings. The summed E-state index contributed by atoms with van der Waals surface area (Å²) in [5, 5.41) is 20.2. The minimum absolute atomic E-state index is 0.195. The molecule has 1 aliphatic heterocycles. The molecule has 0 spiro atoms. The van der Waals surface area contributed by atoms with Crippen molar-refractivity contribution in [2.24, 2.45) is 0 Å². The van der Waals surface area contributed by atoms with Crippen molar-refractivity contribution in [1.29, 1.82) is 0 Å². The van der Waals surface area contributed by atoms with Gasteiger partial charge in [-0.05, 0) is 37.1 Å². The topological polar surface area (TPSA) is 40.5 Å². The molecule has 2 fully saturated rings. The van der Waals surface area contributed by atoms with Crippen molar-refractivity contribution in [1.82, 2.24) is 0 Å². The Kier molecular flexibility index (Phi) is 3.69. The smallest absolute Gasteiger partial charge is 0.115 e. The van der Waals surface area contributed by atoms with Gasteiger partial charge in [-0.3, -0.25) is 0 Å². The molecule has 1 aromatic carbocycles. The summed E-state index contributed by atoms with van der Waals surface area (Å²) in [5.41, 5.74) is 0.315. The molecule has 3 rings (SSSR count). The lowest BCUT2D eigenvalue weighted by Crippen LogP contribution is -2.36. The second kappa shape index (κ2) is 4.77. The molecule has 0 bridgehead atoms. The highest BCUT2D eigenvalue weighted by atomic mass is 33.7. The van der Waals surface area contributed by atoms with Gasteiger partial charge in [-0.25, -0.2) is 0 Å². The summed E-state index contributed by atoms with van der Waals surface area (Å²) in [6.45, 7) is 0. The number of benzene rings is 1. The predicted octanol–water partition coefficient (Wildman–Crippen LogP) is 3.64. The van der Waals surface area contributed by atoms with Gasteiger partial charge in [-0.2, -0.15) is 0 Å². The van der Waals surface area contributed by atoms with Crippen LogP contribution in [-0.4, -0.2) is 22.0 Å². The number of hydrogen-bond donors (Lipinski definition) is 2. The van der Waals surface area contributed by atoms with E-state index in [-0.39, 0.29) is 11.9 Å². The fourth-order valence-corrected chi connectivity index (χ4v) is 47.6. The maximum Gasteiger partial charge on any atom is 0.115 e. The lowest BCUT2D eigenvalue weighted by molar-refractivity contribution is 0.102. The van der Waals surface area contributed by atoms with E-state index in [2.05, 4.69) is 0 Å². The zero-order chi connectivity index (χ0) is 13.0. The third-order valence-electron chi connectivity index (χ3n) is 3.22. The van der Waals surface area contributed by atoms with Crippen molar-refractivity contribution in [3.8, 4) is 5.75 Å². The highest BCUT2D eigenvalue weighted by molar-refractivity contribution is 9.47. The van der Waals surface area contributed by atoms with Crippen LogP contribution in [0.4, 0.5) is 0 Å². The number of aliphatic hydroxyl groups excluding tert-OH is 1. The summed E-state index contributed by atoms with van der Waals surface area (Å²) in [7, 11) is 0. The van der Waals surface area contributed by atoms with Crippen molar-refractivity contribution < 1.29 is 10.2 Å². The third-order valence-corrected chi connectivity index (χ3v) is 35.8. The molecule has 0 amide bonds. The summed E-state index contributed by atoms with van der Waals surface area (Å²) in [5.74, 6) is 0.268. The predicted molar refractivity (Wildman–Crippen MR) is 90.5 cm³/mol. The van der Waals surface area contributed by atoms with Gasteiger partial charge in [-0.15, -0.1) is 0 Å². The van der Waals surface area contributed by atoms with Gasteiger partial charge in [0, 0.05) is 11.0 Å². The minimum Gasteiger partial charge on any atom is -0.508 e. The van der Waals surface area contributed by atoms with E-state index in [1.165, 1.54) is 0 Å². The van der Waals surface area contributed by atoms with Crippen LogP contribution >= 0.6 is 30.9 Å². The average Bonchev–Trinajstić information content (AvgIpc) is 2.25. The molecule has 2 aliphatic rings. The first kappa shape index (κ1) is 13.9. The molecule has 2 nitrogen and oxygen atoms in total. The van der Waals surface area contributed by atoms with Gasteiger partial charge in [0.1, 0.15) is 5.75 Å². The van der Waals surface area contributed by atoms with E-state index in [9.17, 15) is 10.2 Å². The quantitative estimate of drug-likeness (QED) is 0.791. The molecule has 18 heavy (non-hydrogen) atoms. The highest BCUT2D eigenvalue weighted by Crippen LogP contribution is 3.06. The largest absolute Gasteiger partial charge is 0.508 e. The Morgan fingerprint density at radius 1 is 1.11 bits per heavy atom. The van der Waals surface area contributed by atoms with Crippen LogP contribution in [0.2, 0.25) is 0 Å². The summed E-state index contributed by atoms with van der Waals surface area (Å²) < 4.78 is -3.21. The van der Waals surface area contributed by atoms with Crippen LogP contribution in [0.1, 0.15) is 12.8 Å². The first-order valence-corrected chi connectivity index (χ1v) is 15.3. The van der Waals surface area contributed by atoms with Crippen molar-refractivity contribution in [2.45, 2.75) is 24.6 Å². The third kappa shape index (κ3) is 2.24. The van der Waals surface area contributed by atoms with E-state index < -0.39 is 8.88 Å². The molecule has 1 unspecified atom stereocenters. The van der Waals surface area contributed by atoms with Crippen LogP contribution < -0.4 is 5.30 Å². The Hall–Kier alpha value is 0.980. The second-order valence-corrected chi connectivity index (χ2v) is 26.2. The summed E-state index contributed by atoms with van der Waals surface area (Å²) in [6.07, 6.45) is 1.76. The number of phenols is 1. The van der Waals surface area contributed by atoms with Gasteiger partial charge in [0.05, 0.1) is 15.0 Å². The molecule has 1 saturated carbocycles. The van der Waals surface area contributed by atoms with Gasteiger partial charge >= 0.3 is 0 Å². The molecule has 2 N–H and O–H groups in total. The van der Waals surface area contributed by atoms with E-state index in [0.717, 1.165) is 18.1 Å². The van der Waals surface area contributed by atoms with Crippen LogP contribution in [0.15, 0.2) is 24.3 Å². The summed E-state index contributed by atoms with van der Waals surface area (Å²) >= 11 is 15.1. The van der Waals surface area contributed by atoms with Crippen molar-refractivity contribution in [3.63, 3.8) is 0 Å². The number of rotatable bonds is 2. The van der Waals surface area contributed by atoms with E-state index in [4.69, 9.17) is 23.6 Å². The Balaban J connectivity index is 1.79. The van der Waals surface area contributed by atoms with Crippen LogP contribution in [-0.2, 0) is 23.6 Å². The Bertz CT molecular complexity index is 560. The monoisotopic (exact) mass is 354 g/mol. The van der Waals surface area contributed by atoms with Gasteiger partial charge < -0.3 is 10.2 Å². The highest BCUT2D eigenvalue weighted by Gasteiger charge is 2.53. The molecule has 0 aromatic heterocycles. The molecule has 98 valence electrons. The number of hydrogen-bond acceptors (Lipinski definition) is 6. The first-order chi connectivity index (χ1) is 8.43. The molecular formula is C10H12O2P2S4. The van der Waals surface area contributed by atoms with Crippen LogP contribution in [0.25, 0.3) is 0 Å². The van der Waals surface area contributed by atoms with E-state index in [1.54, 1.807) is 34.1 Å². The molecule has 1 heterocycles. The molecule has 1 aliphatic carbocycles. The van der Waals surface area contributed by atoms with Gasteiger partial charge in [0.15, 0.2) is 0 Å². The number of aliphatic hydroxyl groups is 1. The van der Waals surface area contributed by atoms with Crippen LogP contribution in [0.5, 0.6) is 5.75 Å². The zero-order valence-corrected chi connectivity index (χ0v) is 14.4. The standard InChI is InChI=1S/C10H12O2P2S4/c11-7-1-3-8(4-2-7)13(15)17-14(16,18-13)10-6-5-9(10)12/h1-4,9-12H,5-6H2/t9?,10-,13?,14?/m1/s1. The van der Waals surface area contributed by atoms with Crippen LogP contribution in [0.3, 0.4) is 0 Å². The molecule has 0 radical (unpaired) electrons. The van der Waals surface area contributed by atoms with E-state index >= 15 is 0 Å². The maximum absolute atomic E-state index is 9.77.